The molecule has 1 atom stereocenters. The predicted octanol–water partition coefficient (Wildman–Crippen LogP) is 0.208. The molecule has 8 nitrogen and oxygen atoms in total. The van der Waals surface area contributed by atoms with Crippen LogP contribution in [0.4, 0.5) is 5.82 Å². The summed E-state index contributed by atoms with van der Waals surface area (Å²) in [6.07, 6.45) is 6.15. The van der Waals surface area contributed by atoms with Crippen molar-refractivity contribution in [1.82, 2.24) is 20.2 Å². The average molecular weight is 364 g/mol. The van der Waals surface area contributed by atoms with E-state index in [2.05, 4.69) is 15.3 Å². The van der Waals surface area contributed by atoms with Crippen LogP contribution in [0.25, 0.3) is 0 Å². The van der Waals surface area contributed by atoms with Gasteiger partial charge in [-0.1, -0.05) is 0 Å². The number of carbonyl (C=O) groups is 2. The number of amides is 2. The Labute approximate surface area is 151 Å². The first-order valence-electron chi connectivity index (χ1n) is 8.55. The summed E-state index contributed by atoms with van der Waals surface area (Å²) < 4.78 is 0. The molecule has 0 unspecified atom stereocenters. The molecule has 136 valence electrons. The van der Waals surface area contributed by atoms with E-state index in [1.54, 1.807) is 11.8 Å². The largest absolute Gasteiger partial charge is 0.382 e. The van der Waals surface area contributed by atoms with Gasteiger partial charge in [0.1, 0.15) is 0 Å². The van der Waals surface area contributed by atoms with E-state index in [-0.39, 0.29) is 35.3 Å². The third kappa shape index (κ3) is 4.21. The minimum absolute atomic E-state index is 0.0507. The second-order valence-corrected chi connectivity index (χ2v) is 7.61. The molecule has 1 saturated heterocycles. The van der Waals surface area contributed by atoms with Crippen molar-refractivity contribution in [2.24, 2.45) is 11.7 Å². The van der Waals surface area contributed by atoms with Crippen LogP contribution in [0.15, 0.2) is 12.4 Å². The topological polar surface area (TPSA) is 127 Å². The fourth-order valence-corrected chi connectivity index (χ4v) is 4.36. The molecule has 3 rings (SSSR count). The maximum absolute atomic E-state index is 12.4. The van der Waals surface area contributed by atoms with E-state index in [4.69, 9.17) is 11.5 Å². The second kappa shape index (κ2) is 8.01. The zero-order valence-corrected chi connectivity index (χ0v) is 14.9. The Hall–Kier alpha value is -1.87. The summed E-state index contributed by atoms with van der Waals surface area (Å²) in [4.78, 5) is 34.4. The van der Waals surface area contributed by atoms with E-state index in [0.29, 0.717) is 0 Å². The van der Waals surface area contributed by atoms with Gasteiger partial charge in [-0.15, -0.1) is 11.8 Å². The molecule has 1 aromatic rings. The van der Waals surface area contributed by atoms with Crippen LogP contribution >= 0.6 is 11.8 Å². The number of aromatic nitrogens is 2. The van der Waals surface area contributed by atoms with Crippen LogP contribution in [0.1, 0.15) is 36.2 Å². The number of nitrogen functional groups attached to an aromatic ring is 1. The molecule has 5 N–H and O–H groups in total. The average Bonchev–Trinajstić information content (AvgIpc) is 3.16. The SMILES string of the molecule is Nc1nccnc1C(=O)N[C@H]1CC[C@H]([C@H](N)C(=O)N2CCSC2)CC1. The smallest absolute Gasteiger partial charge is 0.273 e. The number of nitrogens with two attached hydrogens (primary N) is 2. The number of rotatable bonds is 4. The van der Waals surface area contributed by atoms with Crippen molar-refractivity contribution >= 4 is 29.4 Å². The Balaban J connectivity index is 1.49. The molecule has 1 aliphatic heterocycles. The van der Waals surface area contributed by atoms with Gasteiger partial charge >= 0.3 is 0 Å². The van der Waals surface area contributed by atoms with Crippen LogP contribution in [-0.4, -0.2) is 56.9 Å². The van der Waals surface area contributed by atoms with Crippen LogP contribution in [0.2, 0.25) is 0 Å². The molecule has 1 aliphatic carbocycles. The standard InChI is InChI=1S/C16H24N6O2S/c17-12(16(24)22-7-8-25-9-22)10-1-3-11(4-2-10)21-15(23)13-14(18)20-6-5-19-13/h5-6,10-12H,1-4,7-9,17H2,(H2,18,20)(H,21,23)/t10-,11-,12-/m0/s1. The first-order valence-corrected chi connectivity index (χ1v) is 9.71. The van der Waals surface area contributed by atoms with E-state index >= 15 is 0 Å². The predicted molar refractivity (Wildman–Crippen MR) is 96.7 cm³/mol. The molecule has 2 amide bonds. The van der Waals surface area contributed by atoms with Crippen LogP contribution in [0.5, 0.6) is 0 Å². The van der Waals surface area contributed by atoms with Gasteiger partial charge in [0.2, 0.25) is 5.91 Å². The van der Waals surface area contributed by atoms with Crippen molar-refractivity contribution in [3.63, 3.8) is 0 Å². The van der Waals surface area contributed by atoms with Gasteiger partial charge in [-0.05, 0) is 31.6 Å². The Kier molecular flexibility index (Phi) is 5.74. The fraction of sp³-hybridized carbons (Fsp3) is 0.625. The highest BCUT2D eigenvalue weighted by molar-refractivity contribution is 7.99. The number of carbonyl (C=O) groups excluding carboxylic acids is 2. The molecule has 2 fully saturated rings. The minimum atomic E-state index is -0.439. The van der Waals surface area contributed by atoms with Gasteiger partial charge in [-0.3, -0.25) is 9.59 Å². The number of thioether (sulfide) groups is 1. The molecule has 1 aromatic heterocycles. The highest BCUT2D eigenvalue weighted by Gasteiger charge is 2.33. The van der Waals surface area contributed by atoms with Gasteiger partial charge in [-0.25, -0.2) is 9.97 Å². The molecule has 0 radical (unpaired) electrons. The van der Waals surface area contributed by atoms with Crippen LogP contribution in [-0.2, 0) is 4.79 Å². The lowest BCUT2D eigenvalue weighted by Crippen LogP contribution is -2.49. The van der Waals surface area contributed by atoms with Crippen LogP contribution in [0, 0.1) is 5.92 Å². The summed E-state index contributed by atoms with van der Waals surface area (Å²) in [5, 5.41) is 2.96. The normalized spacial score (nSPS) is 24.8. The lowest BCUT2D eigenvalue weighted by Gasteiger charge is -2.33. The number of nitrogens with one attached hydrogen (secondary N) is 1. The van der Waals surface area contributed by atoms with E-state index < -0.39 is 6.04 Å². The summed E-state index contributed by atoms with van der Waals surface area (Å²) >= 11 is 1.76. The zero-order chi connectivity index (χ0) is 17.8. The Morgan fingerprint density at radius 2 is 1.96 bits per heavy atom. The van der Waals surface area contributed by atoms with Crippen molar-refractivity contribution in [2.45, 2.75) is 37.8 Å². The summed E-state index contributed by atoms with van der Waals surface area (Å²) in [6, 6.07) is -0.388. The van der Waals surface area contributed by atoms with Crippen molar-refractivity contribution in [2.75, 3.05) is 23.9 Å². The van der Waals surface area contributed by atoms with E-state index in [9.17, 15) is 9.59 Å². The van der Waals surface area contributed by atoms with Gasteiger partial charge < -0.3 is 21.7 Å². The lowest BCUT2D eigenvalue weighted by molar-refractivity contribution is -0.132. The van der Waals surface area contributed by atoms with Crippen molar-refractivity contribution in [3.05, 3.63) is 18.1 Å². The Morgan fingerprint density at radius 3 is 2.60 bits per heavy atom. The maximum Gasteiger partial charge on any atom is 0.273 e. The third-order valence-corrected chi connectivity index (χ3v) is 5.87. The molecule has 9 heteroatoms. The van der Waals surface area contributed by atoms with Gasteiger partial charge in [0, 0.05) is 30.7 Å². The summed E-state index contributed by atoms with van der Waals surface area (Å²) in [7, 11) is 0. The Morgan fingerprint density at radius 1 is 1.24 bits per heavy atom. The quantitative estimate of drug-likeness (QED) is 0.697. The molecule has 2 aliphatic rings. The lowest BCUT2D eigenvalue weighted by atomic mass is 9.81. The molecular weight excluding hydrogens is 340 g/mol. The second-order valence-electron chi connectivity index (χ2n) is 6.54. The monoisotopic (exact) mass is 364 g/mol. The first-order chi connectivity index (χ1) is 12.1. The zero-order valence-electron chi connectivity index (χ0n) is 14.1. The maximum atomic E-state index is 12.4. The fourth-order valence-electron chi connectivity index (χ4n) is 3.40. The first kappa shape index (κ1) is 17.9. The van der Waals surface area contributed by atoms with Crippen LogP contribution < -0.4 is 16.8 Å². The third-order valence-electron chi connectivity index (χ3n) is 4.91. The van der Waals surface area contributed by atoms with E-state index in [1.165, 1.54) is 12.4 Å². The molecule has 0 spiro atoms. The summed E-state index contributed by atoms with van der Waals surface area (Å²) in [6.45, 7) is 0.794. The molecule has 1 saturated carbocycles. The van der Waals surface area contributed by atoms with Crippen molar-refractivity contribution < 1.29 is 9.59 Å². The van der Waals surface area contributed by atoms with Gasteiger partial charge in [-0.2, -0.15) is 0 Å². The van der Waals surface area contributed by atoms with Gasteiger partial charge in [0.05, 0.1) is 11.9 Å². The molecule has 25 heavy (non-hydrogen) atoms. The van der Waals surface area contributed by atoms with E-state index in [1.807, 2.05) is 4.90 Å². The summed E-state index contributed by atoms with van der Waals surface area (Å²) in [5.74, 6) is 1.80. The van der Waals surface area contributed by atoms with Crippen molar-refractivity contribution in [1.29, 1.82) is 0 Å². The minimum Gasteiger partial charge on any atom is -0.382 e. The number of anilines is 1. The van der Waals surface area contributed by atoms with Crippen molar-refractivity contribution in [3.8, 4) is 0 Å². The van der Waals surface area contributed by atoms with Gasteiger partial charge in [0.25, 0.3) is 5.91 Å². The number of nitrogens with zero attached hydrogens (tertiary/aromatic N) is 3. The van der Waals surface area contributed by atoms with Crippen LogP contribution in [0.3, 0.4) is 0 Å². The highest BCUT2D eigenvalue weighted by Crippen LogP contribution is 2.28. The highest BCUT2D eigenvalue weighted by atomic mass is 32.2. The van der Waals surface area contributed by atoms with Gasteiger partial charge in [0.15, 0.2) is 11.5 Å². The summed E-state index contributed by atoms with van der Waals surface area (Å²) in [5.41, 5.74) is 12.0. The number of hydrogen-bond acceptors (Lipinski definition) is 7. The molecule has 0 bridgehead atoms. The number of hydrogen-bond donors (Lipinski definition) is 3. The molecule has 0 aromatic carbocycles. The van der Waals surface area contributed by atoms with E-state index in [0.717, 1.165) is 43.9 Å². The Bertz CT molecular complexity index is 629. The molecule has 2 heterocycles. The molecular formula is C16H24N6O2S.